The van der Waals surface area contributed by atoms with E-state index in [9.17, 15) is 24.5 Å². The lowest BCUT2D eigenvalue weighted by Crippen LogP contribution is -2.22. The highest BCUT2D eigenvalue weighted by atomic mass is 79.9. The SMILES string of the molecule is O=C(COC(=O)c1ccccc1NC(=O)c1cc(-c2ccccc2)nc2ccccc12)Nc1ccc([N+](=O)[O-])cc1Br. The second-order valence-electron chi connectivity index (χ2n) is 8.98. The van der Waals surface area contributed by atoms with E-state index in [1.165, 1.54) is 24.3 Å². The van der Waals surface area contributed by atoms with Crippen molar-refractivity contribution in [1.82, 2.24) is 4.98 Å². The van der Waals surface area contributed by atoms with Crippen molar-refractivity contribution in [2.24, 2.45) is 0 Å². The normalized spacial score (nSPS) is 10.6. The standard InChI is InChI=1S/C31H21BrN4O6/c32-24-16-20(36(40)41)14-15-27(24)34-29(37)18-42-31(39)22-11-5-7-13-26(22)35-30(38)23-17-28(19-8-2-1-3-9-19)33-25-12-6-4-10-21(23)25/h1-17H,18H2,(H,34,37)(H,35,38). The number of non-ortho nitro benzene ring substituents is 1. The Morgan fingerprint density at radius 2 is 1.52 bits per heavy atom. The van der Waals surface area contributed by atoms with E-state index in [-0.39, 0.29) is 22.6 Å². The molecule has 0 unspecified atom stereocenters. The monoisotopic (exact) mass is 624 g/mol. The number of nitro benzene ring substituents is 1. The lowest BCUT2D eigenvalue weighted by molar-refractivity contribution is -0.384. The molecule has 10 nitrogen and oxygen atoms in total. The van der Waals surface area contributed by atoms with Crippen molar-refractivity contribution < 1.29 is 24.0 Å². The smallest absolute Gasteiger partial charge is 0.340 e. The predicted molar refractivity (Wildman–Crippen MR) is 161 cm³/mol. The molecule has 0 fully saturated rings. The summed E-state index contributed by atoms with van der Waals surface area (Å²) < 4.78 is 5.50. The highest BCUT2D eigenvalue weighted by Crippen LogP contribution is 2.28. The number of para-hydroxylation sites is 2. The van der Waals surface area contributed by atoms with Gasteiger partial charge in [0.05, 0.1) is 38.6 Å². The summed E-state index contributed by atoms with van der Waals surface area (Å²) >= 11 is 3.17. The Hall–Kier alpha value is -5.42. The largest absolute Gasteiger partial charge is 0.452 e. The molecule has 0 spiro atoms. The first-order valence-corrected chi connectivity index (χ1v) is 13.4. The molecule has 0 aliphatic carbocycles. The number of anilines is 2. The van der Waals surface area contributed by atoms with Crippen LogP contribution in [0.2, 0.25) is 0 Å². The molecule has 4 aromatic carbocycles. The average Bonchev–Trinajstić information content (AvgIpc) is 3.01. The number of hydrogen-bond acceptors (Lipinski definition) is 7. The van der Waals surface area contributed by atoms with Crippen molar-refractivity contribution in [2.45, 2.75) is 0 Å². The lowest BCUT2D eigenvalue weighted by atomic mass is 10.0. The third kappa shape index (κ3) is 6.31. The highest BCUT2D eigenvalue weighted by molar-refractivity contribution is 9.10. The Labute approximate surface area is 247 Å². The van der Waals surface area contributed by atoms with E-state index in [1.54, 1.807) is 30.3 Å². The summed E-state index contributed by atoms with van der Waals surface area (Å²) in [5.41, 5.74) is 2.86. The summed E-state index contributed by atoms with van der Waals surface area (Å²) in [6.07, 6.45) is 0. The van der Waals surface area contributed by atoms with E-state index in [2.05, 4.69) is 26.6 Å². The van der Waals surface area contributed by atoms with E-state index in [1.807, 2.05) is 48.5 Å². The van der Waals surface area contributed by atoms with Gasteiger partial charge in [-0.25, -0.2) is 9.78 Å². The summed E-state index contributed by atoms with van der Waals surface area (Å²) in [6.45, 7) is -0.625. The first kappa shape index (κ1) is 28.1. The van der Waals surface area contributed by atoms with Gasteiger partial charge in [0.1, 0.15) is 0 Å². The number of nitrogens with one attached hydrogen (secondary N) is 2. The number of nitro groups is 1. The van der Waals surface area contributed by atoms with Crippen LogP contribution in [0.1, 0.15) is 20.7 Å². The summed E-state index contributed by atoms with van der Waals surface area (Å²) in [7, 11) is 0. The lowest BCUT2D eigenvalue weighted by Gasteiger charge is -2.13. The molecule has 208 valence electrons. The average molecular weight is 625 g/mol. The van der Waals surface area contributed by atoms with Crippen molar-refractivity contribution >= 4 is 61.7 Å². The maximum Gasteiger partial charge on any atom is 0.340 e. The van der Waals surface area contributed by atoms with Crippen LogP contribution in [0.15, 0.2) is 108 Å². The van der Waals surface area contributed by atoms with Crippen LogP contribution in [-0.2, 0) is 9.53 Å². The van der Waals surface area contributed by atoms with Gasteiger partial charge in [-0.1, -0.05) is 60.7 Å². The number of fused-ring (bicyclic) bond motifs is 1. The summed E-state index contributed by atoms with van der Waals surface area (Å²) in [6, 6.07) is 28.6. The van der Waals surface area contributed by atoms with Gasteiger partial charge < -0.3 is 15.4 Å². The molecular formula is C31H21BrN4O6. The molecule has 0 atom stereocenters. The van der Waals surface area contributed by atoms with Gasteiger partial charge in [0.15, 0.2) is 6.61 Å². The van der Waals surface area contributed by atoms with E-state index in [4.69, 9.17) is 9.72 Å². The molecular weight excluding hydrogens is 604 g/mol. The van der Waals surface area contributed by atoms with E-state index in [0.29, 0.717) is 26.6 Å². The number of pyridine rings is 1. The minimum Gasteiger partial charge on any atom is -0.452 e. The van der Waals surface area contributed by atoms with Gasteiger partial charge in [-0.05, 0) is 46.3 Å². The molecule has 42 heavy (non-hydrogen) atoms. The second-order valence-corrected chi connectivity index (χ2v) is 9.84. The number of nitrogens with zero attached hydrogens (tertiary/aromatic N) is 2. The van der Waals surface area contributed by atoms with Gasteiger partial charge in [0.25, 0.3) is 17.5 Å². The zero-order valence-electron chi connectivity index (χ0n) is 21.7. The first-order chi connectivity index (χ1) is 20.3. The number of carbonyl (C=O) groups excluding carboxylic acids is 3. The number of halogens is 1. The van der Waals surface area contributed by atoms with Crippen molar-refractivity contribution in [3.05, 3.63) is 129 Å². The van der Waals surface area contributed by atoms with Crippen LogP contribution < -0.4 is 10.6 Å². The van der Waals surface area contributed by atoms with E-state index in [0.717, 1.165) is 5.56 Å². The van der Waals surface area contributed by atoms with Crippen LogP contribution >= 0.6 is 15.9 Å². The van der Waals surface area contributed by atoms with Crippen LogP contribution in [0, 0.1) is 10.1 Å². The Morgan fingerprint density at radius 1 is 0.810 bits per heavy atom. The van der Waals surface area contributed by atoms with E-state index >= 15 is 0 Å². The van der Waals surface area contributed by atoms with Crippen LogP contribution in [-0.4, -0.2) is 34.3 Å². The topological polar surface area (TPSA) is 141 Å². The maximum absolute atomic E-state index is 13.6. The van der Waals surface area contributed by atoms with Gasteiger partial charge in [0.2, 0.25) is 0 Å². The third-order valence-electron chi connectivity index (χ3n) is 6.20. The Morgan fingerprint density at radius 3 is 2.29 bits per heavy atom. The fourth-order valence-electron chi connectivity index (χ4n) is 4.19. The number of amides is 2. The molecule has 2 amide bonds. The molecule has 0 saturated carbocycles. The zero-order valence-corrected chi connectivity index (χ0v) is 23.3. The minimum atomic E-state index is -0.826. The summed E-state index contributed by atoms with van der Waals surface area (Å²) in [4.78, 5) is 54.0. The summed E-state index contributed by atoms with van der Waals surface area (Å²) in [5, 5.41) is 16.9. The molecule has 5 aromatic rings. The number of esters is 1. The van der Waals surface area contributed by atoms with Crippen molar-refractivity contribution in [1.29, 1.82) is 0 Å². The molecule has 0 radical (unpaired) electrons. The highest BCUT2D eigenvalue weighted by Gasteiger charge is 2.19. The number of carbonyl (C=O) groups is 3. The van der Waals surface area contributed by atoms with E-state index < -0.39 is 29.3 Å². The van der Waals surface area contributed by atoms with Gasteiger partial charge in [-0.2, -0.15) is 0 Å². The van der Waals surface area contributed by atoms with Gasteiger partial charge in [-0.3, -0.25) is 19.7 Å². The summed E-state index contributed by atoms with van der Waals surface area (Å²) in [5.74, 6) is -1.93. The molecule has 0 saturated heterocycles. The molecule has 11 heteroatoms. The van der Waals surface area contributed by atoms with Gasteiger partial charge in [-0.15, -0.1) is 0 Å². The van der Waals surface area contributed by atoms with Gasteiger partial charge in [0, 0.05) is 27.6 Å². The minimum absolute atomic E-state index is 0.0526. The Kier molecular flexibility index (Phi) is 8.30. The Bertz CT molecular complexity index is 1840. The number of rotatable bonds is 8. The fourth-order valence-corrected chi connectivity index (χ4v) is 4.66. The molecule has 2 N–H and O–H groups in total. The molecule has 5 rings (SSSR count). The van der Waals surface area contributed by atoms with Crippen LogP contribution in [0.4, 0.5) is 17.1 Å². The quantitative estimate of drug-likeness (QED) is 0.112. The maximum atomic E-state index is 13.6. The molecule has 1 aromatic heterocycles. The molecule has 0 aliphatic heterocycles. The van der Waals surface area contributed by atoms with Crippen molar-refractivity contribution in [3.63, 3.8) is 0 Å². The van der Waals surface area contributed by atoms with Crippen LogP contribution in [0.25, 0.3) is 22.2 Å². The van der Waals surface area contributed by atoms with Crippen molar-refractivity contribution in [3.8, 4) is 11.3 Å². The van der Waals surface area contributed by atoms with Crippen molar-refractivity contribution in [2.75, 3.05) is 17.2 Å². The number of aromatic nitrogens is 1. The first-order valence-electron chi connectivity index (χ1n) is 12.6. The molecule has 1 heterocycles. The number of ether oxygens (including phenoxy) is 1. The third-order valence-corrected chi connectivity index (χ3v) is 6.85. The Balaban J connectivity index is 1.32. The van der Waals surface area contributed by atoms with Crippen LogP contribution in [0.3, 0.4) is 0 Å². The number of benzene rings is 4. The number of hydrogen-bond donors (Lipinski definition) is 2. The fraction of sp³-hybridized carbons (Fsp3) is 0.0323. The zero-order chi connectivity index (χ0) is 29.6. The van der Waals surface area contributed by atoms with Crippen LogP contribution in [0.5, 0.6) is 0 Å². The predicted octanol–water partition coefficient (Wildman–Crippen LogP) is 6.62. The molecule has 0 aliphatic rings. The molecule has 0 bridgehead atoms. The van der Waals surface area contributed by atoms with Gasteiger partial charge >= 0.3 is 5.97 Å². The second kappa shape index (κ2) is 12.4.